The summed E-state index contributed by atoms with van der Waals surface area (Å²) in [4.78, 5) is 2.13. The maximum absolute atomic E-state index is 13.4. The Bertz CT molecular complexity index is 565. The molecule has 2 aromatic rings. The number of nitrogens with zero attached hydrogens (tertiary/aromatic N) is 1. The molecule has 1 aromatic heterocycles. The van der Waals surface area contributed by atoms with Crippen LogP contribution >= 0.6 is 0 Å². The average Bonchev–Trinajstić information content (AvgIpc) is 2.89. The van der Waals surface area contributed by atoms with Crippen LogP contribution in [0.1, 0.15) is 32.1 Å². The van der Waals surface area contributed by atoms with E-state index >= 15 is 0 Å². The Labute approximate surface area is 125 Å². The normalized spacial score (nSPS) is 11.1. The van der Waals surface area contributed by atoms with Crippen LogP contribution in [-0.2, 0) is 13.1 Å². The molecule has 0 unspecified atom stereocenters. The van der Waals surface area contributed by atoms with Crippen LogP contribution in [0.2, 0.25) is 0 Å². The fourth-order valence-electron chi connectivity index (χ4n) is 2.22. The molecule has 0 spiro atoms. The Morgan fingerprint density at radius 1 is 1.29 bits per heavy atom. The summed E-state index contributed by atoms with van der Waals surface area (Å²) in [6, 6.07) is 9.10. The number of rotatable bonds is 7. The third-order valence-electron chi connectivity index (χ3n) is 3.42. The molecule has 3 nitrogen and oxygen atoms in total. The largest absolute Gasteiger partial charge is 0.468 e. The van der Waals surface area contributed by atoms with Gasteiger partial charge in [-0.3, -0.25) is 0 Å². The van der Waals surface area contributed by atoms with Gasteiger partial charge < -0.3 is 14.6 Å². The molecule has 4 heteroatoms. The third kappa shape index (κ3) is 4.33. The molecular weight excluding hydrogens is 267 g/mol. The van der Waals surface area contributed by atoms with Crippen LogP contribution in [0.3, 0.4) is 0 Å². The highest BCUT2D eigenvalue weighted by atomic mass is 19.1. The first kappa shape index (κ1) is 15.6. The van der Waals surface area contributed by atoms with Crippen LogP contribution in [0.5, 0.6) is 0 Å². The molecule has 21 heavy (non-hydrogen) atoms. The first-order chi connectivity index (χ1) is 10.1. The second kappa shape index (κ2) is 7.27. The second-order valence-electron chi connectivity index (χ2n) is 5.40. The minimum Gasteiger partial charge on any atom is -0.468 e. The number of benzene rings is 1. The zero-order valence-corrected chi connectivity index (χ0v) is 12.9. The number of hydrogen-bond acceptors (Lipinski definition) is 3. The lowest BCUT2D eigenvalue weighted by Crippen LogP contribution is -2.25. The second-order valence-corrected chi connectivity index (χ2v) is 5.40. The summed E-state index contributed by atoms with van der Waals surface area (Å²) >= 11 is 0. The van der Waals surface area contributed by atoms with Crippen molar-refractivity contribution in [3.63, 3.8) is 0 Å². The number of nitrogens with one attached hydrogen (secondary N) is 1. The maximum atomic E-state index is 13.4. The molecule has 0 aliphatic carbocycles. The summed E-state index contributed by atoms with van der Waals surface area (Å²) in [5.41, 5.74) is 2.02. The lowest BCUT2D eigenvalue weighted by atomic mass is 10.2. The van der Waals surface area contributed by atoms with Gasteiger partial charge in [-0.2, -0.15) is 0 Å². The van der Waals surface area contributed by atoms with Crippen LogP contribution in [-0.4, -0.2) is 12.6 Å². The number of hydrogen-bond donors (Lipinski definition) is 1. The van der Waals surface area contributed by atoms with Crippen molar-refractivity contribution in [1.29, 1.82) is 0 Å². The van der Waals surface area contributed by atoms with Crippen molar-refractivity contribution in [2.75, 3.05) is 11.4 Å². The fourth-order valence-corrected chi connectivity index (χ4v) is 2.22. The van der Waals surface area contributed by atoms with Gasteiger partial charge in [-0.1, -0.05) is 19.9 Å². The topological polar surface area (TPSA) is 28.4 Å². The fraction of sp³-hybridized carbons (Fsp3) is 0.412. The number of halogens is 1. The molecule has 0 bridgehead atoms. The van der Waals surface area contributed by atoms with Gasteiger partial charge in [0.2, 0.25) is 0 Å². The Morgan fingerprint density at radius 2 is 2.10 bits per heavy atom. The predicted octanol–water partition coefficient (Wildman–Crippen LogP) is 3.94. The van der Waals surface area contributed by atoms with E-state index in [0.29, 0.717) is 19.1 Å². The minimum atomic E-state index is -0.208. The van der Waals surface area contributed by atoms with Gasteiger partial charge in [-0.15, -0.1) is 0 Å². The summed E-state index contributed by atoms with van der Waals surface area (Å²) in [6.07, 6.45) is 1.71. The number of furan rings is 1. The van der Waals surface area contributed by atoms with Crippen molar-refractivity contribution < 1.29 is 8.81 Å². The zero-order valence-electron chi connectivity index (χ0n) is 12.9. The molecule has 2 rings (SSSR count). The van der Waals surface area contributed by atoms with Crippen LogP contribution in [0.25, 0.3) is 0 Å². The molecule has 0 atom stereocenters. The van der Waals surface area contributed by atoms with Gasteiger partial charge >= 0.3 is 0 Å². The molecule has 0 aliphatic rings. The van der Waals surface area contributed by atoms with Crippen molar-refractivity contribution >= 4 is 5.69 Å². The van der Waals surface area contributed by atoms with Crippen LogP contribution < -0.4 is 10.2 Å². The highest BCUT2D eigenvalue weighted by Gasteiger charge is 2.12. The first-order valence-electron chi connectivity index (χ1n) is 7.39. The molecule has 0 aliphatic heterocycles. The van der Waals surface area contributed by atoms with E-state index < -0.39 is 0 Å². The van der Waals surface area contributed by atoms with Crippen molar-refractivity contribution in [3.8, 4) is 0 Å². The van der Waals surface area contributed by atoms with E-state index in [1.54, 1.807) is 18.4 Å². The van der Waals surface area contributed by atoms with E-state index in [0.717, 1.165) is 23.6 Å². The Balaban J connectivity index is 2.10. The Morgan fingerprint density at radius 3 is 2.76 bits per heavy atom. The summed E-state index contributed by atoms with van der Waals surface area (Å²) in [5.74, 6) is 0.735. The van der Waals surface area contributed by atoms with Gasteiger partial charge in [-0.25, -0.2) is 4.39 Å². The number of anilines is 1. The van der Waals surface area contributed by atoms with E-state index in [1.807, 2.05) is 12.1 Å². The van der Waals surface area contributed by atoms with Gasteiger partial charge in [0.05, 0.1) is 12.8 Å². The molecule has 1 aromatic carbocycles. The first-order valence-corrected chi connectivity index (χ1v) is 7.39. The van der Waals surface area contributed by atoms with Crippen molar-refractivity contribution in [2.45, 2.75) is 39.9 Å². The van der Waals surface area contributed by atoms with Gasteiger partial charge in [0.25, 0.3) is 0 Å². The molecule has 1 heterocycles. The van der Waals surface area contributed by atoms with Gasteiger partial charge in [0.15, 0.2) is 0 Å². The molecule has 1 N–H and O–H groups in total. The predicted molar refractivity (Wildman–Crippen MR) is 83.8 cm³/mol. The molecule has 0 saturated heterocycles. The SMILES string of the molecule is CCN(Cc1ccoc1CNC(C)C)c1cccc(F)c1. The molecular formula is C17H23FN2O. The van der Waals surface area contributed by atoms with Crippen LogP contribution in [0.4, 0.5) is 10.1 Å². The van der Waals surface area contributed by atoms with E-state index in [-0.39, 0.29) is 5.82 Å². The minimum absolute atomic E-state index is 0.208. The van der Waals surface area contributed by atoms with Crippen LogP contribution in [0, 0.1) is 5.82 Å². The molecule has 0 radical (unpaired) electrons. The zero-order chi connectivity index (χ0) is 15.2. The maximum Gasteiger partial charge on any atom is 0.125 e. The summed E-state index contributed by atoms with van der Waals surface area (Å²) in [5, 5.41) is 3.36. The van der Waals surface area contributed by atoms with Gasteiger partial charge in [0.1, 0.15) is 11.6 Å². The lowest BCUT2D eigenvalue weighted by molar-refractivity contribution is 0.460. The summed E-state index contributed by atoms with van der Waals surface area (Å²) in [6.45, 7) is 8.51. The van der Waals surface area contributed by atoms with E-state index in [4.69, 9.17) is 4.42 Å². The molecule has 0 saturated carbocycles. The van der Waals surface area contributed by atoms with Crippen molar-refractivity contribution in [1.82, 2.24) is 5.32 Å². The van der Waals surface area contributed by atoms with E-state index in [9.17, 15) is 4.39 Å². The van der Waals surface area contributed by atoms with Crippen molar-refractivity contribution in [3.05, 3.63) is 53.7 Å². The highest BCUT2D eigenvalue weighted by molar-refractivity contribution is 5.47. The van der Waals surface area contributed by atoms with Crippen LogP contribution in [0.15, 0.2) is 41.0 Å². The molecule has 114 valence electrons. The standard InChI is InChI=1S/C17H23FN2O/c1-4-20(16-7-5-6-15(18)10-16)12-14-8-9-21-17(14)11-19-13(2)3/h5-10,13,19H,4,11-12H2,1-3H3. The monoisotopic (exact) mass is 290 g/mol. The Kier molecular flexibility index (Phi) is 5.39. The van der Waals surface area contributed by atoms with Gasteiger partial charge in [0, 0.05) is 30.4 Å². The highest BCUT2D eigenvalue weighted by Crippen LogP contribution is 2.20. The average molecular weight is 290 g/mol. The van der Waals surface area contributed by atoms with E-state index in [1.165, 1.54) is 6.07 Å². The third-order valence-corrected chi connectivity index (χ3v) is 3.42. The van der Waals surface area contributed by atoms with Gasteiger partial charge in [-0.05, 0) is 31.2 Å². The van der Waals surface area contributed by atoms with Crippen molar-refractivity contribution in [2.24, 2.45) is 0 Å². The Hall–Kier alpha value is -1.81. The quantitative estimate of drug-likeness (QED) is 0.837. The summed E-state index contributed by atoms with van der Waals surface area (Å²) < 4.78 is 18.9. The summed E-state index contributed by atoms with van der Waals surface area (Å²) in [7, 11) is 0. The molecule has 0 fully saturated rings. The lowest BCUT2D eigenvalue weighted by Gasteiger charge is -2.23. The molecule has 0 amide bonds. The van der Waals surface area contributed by atoms with E-state index in [2.05, 4.69) is 31.0 Å². The smallest absolute Gasteiger partial charge is 0.125 e.